The zero-order chi connectivity index (χ0) is 21.8. The van der Waals surface area contributed by atoms with Crippen LogP contribution >= 0.6 is 11.3 Å². The quantitative estimate of drug-likeness (QED) is 0.485. The predicted molar refractivity (Wildman–Crippen MR) is 126 cm³/mol. The molecule has 0 fully saturated rings. The molecule has 0 atom stereocenters. The third-order valence-corrected chi connectivity index (χ3v) is 5.77. The number of carbonyl (C=O) groups excluding carboxylic acids is 1. The van der Waals surface area contributed by atoms with Crippen LogP contribution in [0.15, 0.2) is 47.8 Å². The van der Waals surface area contributed by atoms with Crippen LogP contribution < -0.4 is 4.90 Å². The Hall–Kier alpha value is -2.60. The van der Waals surface area contributed by atoms with E-state index in [1.54, 1.807) is 0 Å². The fourth-order valence-corrected chi connectivity index (χ4v) is 4.38. The summed E-state index contributed by atoms with van der Waals surface area (Å²) < 4.78 is 2.01. The van der Waals surface area contributed by atoms with E-state index in [9.17, 15) is 4.79 Å². The van der Waals surface area contributed by atoms with Crippen LogP contribution in [0, 0.1) is 5.92 Å². The normalized spacial score (nSPS) is 11.3. The molecule has 1 aromatic carbocycles. The molecular weight excluding hydrogens is 392 g/mol. The minimum absolute atomic E-state index is 0.0885. The molecule has 2 aromatic heterocycles. The van der Waals surface area contributed by atoms with Crippen LogP contribution in [0.5, 0.6) is 0 Å². The first kappa shape index (κ1) is 22.1. The van der Waals surface area contributed by atoms with Crippen molar-refractivity contribution in [1.29, 1.82) is 0 Å². The number of carbonyl (C=O) groups is 1. The van der Waals surface area contributed by atoms with Crippen LogP contribution in [-0.2, 0) is 6.54 Å². The molecule has 0 spiro atoms. The molecule has 0 aliphatic carbocycles. The second kappa shape index (κ2) is 9.47. The molecule has 0 unspecified atom stereocenters. The number of hydrogen-bond donors (Lipinski definition) is 0. The number of aromatic nitrogens is 2. The van der Waals surface area contributed by atoms with Gasteiger partial charge in [0.1, 0.15) is 5.82 Å². The highest BCUT2D eigenvalue weighted by Crippen LogP contribution is 2.32. The second-order valence-electron chi connectivity index (χ2n) is 8.54. The van der Waals surface area contributed by atoms with E-state index in [0.717, 1.165) is 27.6 Å². The van der Waals surface area contributed by atoms with E-state index in [1.165, 1.54) is 11.3 Å². The molecule has 0 aliphatic rings. The van der Waals surface area contributed by atoms with Gasteiger partial charge in [-0.25, -0.2) is 4.68 Å². The van der Waals surface area contributed by atoms with Crippen molar-refractivity contribution in [1.82, 2.24) is 14.7 Å². The molecule has 3 rings (SSSR count). The lowest BCUT2D eigenvalue weighted by atomic mass is 10.0. The Morgan fingerprint density at radius 2 is 1.77 bits per heavy atom. The number of thiophene rings is 1. The molecule has 1 amide bonds. The van der Waals surface area contributed by atoms with Crippen molar-refractivity contribution in [2.45, 2.75) is 40.2 Å². The Kier molecular flexibility index (Phi) is 6.98. The van der Waals surface area contributed by atoms with Gasteiger partial charge in [0.15, 0.2) is 0 Å². The van der Waals surface area contributed by atoms with Gasteiger partial charge in [-0.1, -0.05) is 52.0 Å². The maximum absolute atomic E-state index is 13.3. The SMILES string of the molecule is CC(C)CN(Cc1c(C(C)C)nn(-c2ccccc2)c1N(C)C)C(=O)c1cccs1. The third-order valence-electron chi connectivity index (χ3n) is 4.91. The molecular formula is C24H32N4OS. The Morgan fingerprint density at radius 3 is 2.30 bits per heavy atom. The van der Waals surface area contributed by atoms with Gasteiger partial charge in [-0.15, -0.1) is 11.3 Å². The highest BCUT2D eigenvalue weighted by atomic mass is 32.1. The lowest BCUT2D eigenvalue weighted by Gasteiger charge is -2.26. The molecule has 160 valence electrons. The van der Waals surface area contributed by atoms with Gasteiger partial charge in [-0.2, -0.15) is 5.10 Å². The fraction of sp³-hybridized carbons (Fsp3) is 0.417. The Morgan fingerprint density at radius 1 is 1.07 bits per heavy atom. The van der Waals surface area contributed by atoms with Crippen molar-refractivity contribution in [2.75, 3.05) is 25.5 Å². The standard InChI is InChI=1S/C24H32N4OS/c1-17(2)15-27(24(29)21-13-10-14-30-21)16-20-22(18(3)4)25-28(23(20)26(5)6)19-11-8-7-9-12-19/h7-14,17-18H,15-16H2,1-6H3. The van der Waals surface area contributed by atoms with Crippen LogP contribution in [-0.4, -0.2) is 41.2 Å². The molecule has 30 heavy (non-hydrogen) atoms. The maximum atomic E-state index is 13.3. The average molecular weight is 425 g/mol. The van der Waals surface area contributed by atoms with Gasteiger partial charge in [-0.3, -0.25) is 4.79 Å². The largest absolute Gasteiger partial charge is 0.362 e. The molecule has 6 heteroatoms. The molecule has 5 nitrogen and oxygen atoms in total. The summed E-state index contributed by atoms with van der Waals surface area (Å²) in [5, 5.41) is 6.95. The number of rotatable bonds is 8. The van der Waals surface area contributed by atoms with Crippen molar-refractivity contribution < 1.29 is 4.79 Å². The number of anilines is 1. The summed E-state index contributed by atoms with van der Waals surface area (Å²) in [4.78, 5) is 18.1. The molecule has 0 bridgehead atoms. The van der Waals surface area contributed by atoms with Crippen molar-refractivity contribution >= 4 is 23.1 Å². The first-order chi connectivity index (χ1) is 14.3. The Labute approximate surface area is 183 Å². The number of para-hydroxylation sites is 1. The van der Waals surface area contributed by atoms with Crippen LogP contribution in [0.25, 0.3) is 5.69 Å². The average Bonchev–Trinajstić information content (AvgIpc) is 3.35. The Bertz CT molecular complexity index is 959. The van der Waals surface area contributed by atoms with Crippen molar-refractivity contribution in [3.05, 3.63) is 64.0 Å². The summed E-state index contributed by atoms with van der Waals surface area (Å²) in [6.07, 6.45) is 0. The van der Waals surface area contributed by atoms with E-state index < -0.39 is 0 Å². The molecule has 0 saturated carbocycles. The van der Waals surface area contributed by atoms with Crippen LogP contribution in [0.1, 0.15) is 54.5 Å². The van der Waals surface area contributed by atoms with Gasteiger partial charge in [-0.05, 0) is 35.4 Å². The summed E-state index contributed by atoms with van der Waals surface area (Å²) in [7, 11) is 4.08. The highest BCUT2D eigenvalue weighted by Gasteiger charge is 2.27. The lowest BCUT2D eigenvalue weighted by molar-refractivity contribution is 0.0727. The van der Waals surface area contributed by atoms with Crippen LogP contribution in [0.2, 0.25) is 0 Å². The van der Waals surface area contributed by atoms with E-state index in [2.05, 4.69) is 44.7 Å². The number of benzene rings is 1. The van der Waals surface area contributed by atoms with Gasteiger partial charge >= 0.3 is 0 Å². The number of hydrogen-bond acceptors (Lipinski definition) is 4. The predicted octanol–water partition coefficient (Wildman–Crippen LogP) is 5.42. The van der Waals surface area contributed by atoms with Crippen LogP contribution in [0.3, 0.4) is 0 Å². The molecule has 3 aromatic rings. The van der Waals surface area contributed by atoms with E-state index in [0.29, 0.717) is 19.0 Å². The Balaban J connectivity index is 2.10. The number of nitrogens with zero attached hydrogens (tertiary/aromatic N) is 4. The highest BCUT2D eigenvalue weighted by molar-refractivity contribution is 7.12. The van der Waals surface area contributed by atoms with Crippen molar-refractivity contribution in [3.8, 4) is 5.69 Å². The van der Waals surface area contributed by atoms with Gasteiger partial charge in [0.05, 0.1) is 22.8 Å². The van der Waals surface area contributed by atoms with Gasteiger partial charge in [0, 0.05) is 26.2 Å². The summed E-state index contributed by atoms with van der Waals surface area (Å²) in [5.74, 6) is 1.74. The molecule has 0 radical (unpaired) electrons. The summed E-state index contributed by atoms with van der Waals surface area (Å²) >= 11 is 1.50. The van der Waals surface area contributed by atoms with Gasteiger partial charge < -0.3 is 9.80 Å². The van der Waals surface area contributed by atoms with E-state index >= 15 is 0 Å². The van der Waals surface area contributed by atoms with Gasteiger partial charge in [0.2, 0.25) is 0 Å². The zero-order valence-electron chi connectivity index (χ0n) is 18.8. The van der Waals surface area contributed by atoms with E-state index in [-0.39, 0.29) is 11.8 Å². The number of amides is 1. The first-order valence-corrected chi connectivity index (χ1v) is 11.3. The summed E-state index contributed by atoms with van der Waals surface area (Å²) in [6.45, 7) is 9.88. The minimum Gasteiger partial charge on any atom is -0.362 e. The molecule has 2 heterocycles. The van der Waals surface area contributed by atoms with Crippen molar-refractivity contribution in [2.24, 2.45) is 5.92 Å². The summed E-state index contributed by atoms with van der Waals surface area (Å²) in [6, 6.07) is 14.0. The topological polar surface area (TPSA) is 41.4 Å². The van der Waals surface area contributed by atoms with E-state index in [1.807, 2.05) is 59.4 Å². The molecule has 0 N–H and O–H groups in total. The van der Waals surface area contributed by atoms with E-state index in [4.69, 9.17) is 5.10 Å². The smallest absolute Gasteiger partial charge is 0.264 e. The zero-order valence-corrected chi connectivity index (χ0v) is 19.6. The first-order valence-electron chi connectivity index (χ1n) is 10.5. The van der Waals surface area contributed by atoms with Gasteiger partial charge in [0.25, 0.3) is 5.91 Å². The lowest BCUT2D eigenvalue weighted by Crippen LogP contribution is -2.34. The molecule has 0 saturated heterocycles. The van der Waals surface area contributed by atoms with Crippen LogP contribution in [0.4, 0.5) is 5.82 Å². The monoisotopic (exact) mass is 424 g/mol. The fourth-order valence-electron chi connectivity index (χ4n) is 3.69. The minimum atomic E-state index is 0.0885. The maximum Gasteiger partial charge on any atom is 0.264 e. The third kappa shape index (κ3) is 4.75. The summed E-state index contributed by atoms with van der Waals surface area (Å²) in [5.41, 5.74) is 3.18. The molecule has 0 aliphatic heterocycles. The second-order valence-corrected chi connectivity index (χ2v) is 9.49. The van der Waals surface area contributed by atoms with Crippen molar-refractivity contribution in [3.63, 3.8) is 0 Å².